The van der Waals surface area contributed by atoms with Crippen molar-refractivity contribution in [2.75, 3.05) is 32.0 Å². The van der Waals surface area contributed by atoms with Gasteiger partial charge in [-0.2, -0.15) is 0 Å². The van der Waals surface area contributed by atoms with Crippen molar-refractivity contribution >= 4 is 10.0 Å². The molecule has 1 atom stereocenters. The quantitative estimate of drug-likeness (QED) is 0.613. The Morgan fingerprint density at radius 3 is 2.53 bits per heavy atom. The topological polar surface area (TPSA) is 69.6 Å². The average Bonchev–Trinajstić information content (AvgIpc) is 2.80. The molecular formula is C11H24N2O3S. The maximum Gasteiger partial charge on any atom is 0.211 e. The van der Waals surface area contributed by atoms with Crippen LogP contribution in [0.25, 0.3) is 0 Å². The van der Waals surface area contributed by atoms with Crippen LogP contribution in [0, 0.1) is 0 Å². The van der Waals surface area contributed by atoms with Crippen molar-refractivity contribution in [3.05, 3.63) is 0 Å². The van der Waals surface area contributed by atoms with Crippen molar-refractivity contribution in [3.63, 3.8) is 0 Å². The maximum atomic E-state index is 11.6. The third-order valence-corrected chi connectivity index (χ3v) is 4.62. The summed E-state index contributed by atoms with van der Waals surface area (Å²) in [4.78, 5) is 2.32. The van der Waals surface area contributed by atoms with Gasteiger partial charge in [0, 0.05) is 19.2 Å². The SMILES string of the molecule is CC(CNS(=O)(=O)CCCCO)N1CCCC1. The van der Waals surface area contributed by atoms with Crippen molar-refractivity contribution in [1.82, 2.24) is 9.62 Å². The van der Waals surface area contributed by atoms with Crippen LogP contribution in [-0.2, 0) is 10.0 Å². The van der Waals surface area contributed by atoms with Crippen LogP contribution in [0.4, 0.5) is 0 Å². The van der Waals surface area contributed by atoms with Gasteiger partial charge in [0.05, 0.1) is 5.75 Å². The van der Waals surface area contributed by atoms with E-state index >= 15 is 0 Å². The second kappa shape index (κ2) is 7.31. The second-order valence-corrected chi connectivity index (χ2v) is 6.62. The highest BCUT2D eigenvalue weighted by atomic mass is 32.2. The monoisotopic (exact) mass is 264 g/mol. The summed E-state index contributed by atoms with van der Waals surface area (Å²) in [6.45, 7) is 4.75. The van der Waals surface area contributed by atoms with Crippen LogP contribution >= 0.6 is 0 Å². The summed E-state index contributed by atoms with van der Waals surface area (Å²) in [6.07, 6.45) is 3.49. The average molecular weight is 264 g/mol. The Kier molecular flexibility index (Phi) is 6.40. The molecule has 2 N–H and O–H groups in total. The van der Waals surface area contributed by atoms with E-state index in [4.69, 9.17) is 5.11 Å². The first kappa shape index (κ1) is 14.9. The highest BCUT2D eigenvalue weighted by molar-refractivity contribution is 7.89. The number of rotatable bonds is 8. The fourth-order valence-corrected chi connectivity index (χ4v) is 3.26. The van der Waals surface area contributed by atoms with Crippen LogP contribution in [0.3, 0.4) is 0 Å². The molecule has 17 heavy (non-hydrogen) atoms. The summed E-state index contributed by atoms with van der Waals surface area (Å²) in [5.41, 5.74) is 0. The van der Waals surface area contributed by atoms with Gasteiger partial charge in [0.25, 0.3) is 0 Å². The van der Waals surface area contributed by atoms with E-state index in [2.05, 4.69) is 16.5 Å². The molecule has 1 heterocycles. The molecule has 1 rings (SSSR count). The first-order valence-corrected chi connectivity index (χ1v) is 8.02. The molecule has 0 aromatic carbocycles. The number of nitrogens with zero attached hydrogens (tertiary/aromatic N) is 1. The van der Waals surface area contributed by atoms with Crippen molar-refractivity contribution in [1.29, 1.82) is 0 Å². The van der Waals surface area contributed by atoms with E-state index in [-0.39, 0.29) is 18.4 Å². The van der Waals surface area contributed by atoms with Gasteiger partial charge in [-0.05, 0) is 45.7 Å². The summed E-state index contributed by atoms with van der Waals surface area (Å²) in [7, 11) is -3.17. The normalized spacial score (nSPS) is 19.6. The molecule has 0 aliphatic carbocycles. The van der Waals surface area contributed by atoms with E-state index in [9.17, 15) is 8.42 Å². The summed E-state index contributed by atoms with van der Waals surface area (Å²) in [5.74, 6) is 0.111. The van der Waals surface area contributed by atoms with E-state index in [1.54, 1.807) is 0 Å². The predicted octanol–water partition coefficient (Wildman–Crippen LogP) is 0.163. The molecule has 0 aromatic rings. The lowest BCUT2D eigenvalue weighted by molar-refractivity contribution is 0.259. The Hall–Kier alpha value is -0.170. The highest BCUT2D eigenvalue weighted by Crippen LogP contribution is 2.10. The van der Waals surface area contributed by atoms with Crippen molar-refractivity contribution in [2.24, 2.45) is 0 Å². The van der Waals surface area contributed by atoms with Gasteiger partial charge in [0.15, 0.2) is 0 Å². The summed E-state index contributed by atoms with van der Waals surface area (Å²) in [6, 6.07) is 0.269. The van der Waals surface area contributed by atoms with E-state index in [0.717, 1.165) is 13.1 Å². The highest BCUT2D eigenvalue weighted by Gasteiger charge is 2.19. The number of hydrogen-bond acceptors (Lipinski definition) is 4. The van der Waals surface area contributed by atoms with Gasteiger partial charge in [-0.3, -0.25) is 4.90 Å². The van der Waals surface area contributed by atoms with Crippen LogP contribution in [-0.4, -0.2) is 56.5 Å². The molecule has 102 valence electrons. The van der Waals surface area contributed by atoms with Gasteiger partial charge in [-0.25, -0.2) is 13.1 Å². The van der Waals surface area contributed by atoms with E-state index in [1.807, 2.05) is 0 Å². The molecule has 0 bridgehead atoms. The second-order valence-electron chi connectivity index (χ2n) is 4.69. The van der Waals surface area contributed by atoms with Gasteiger partial charge in [0.1, 0.15) is 0 Å². The van der Waals surface area contributed by atoms with Gasteiger partial charge in [-0.1, -0.05) is 0 Å². The lowest BCUT2D eigenvalue weighted by Crippen LogP contribution is -2.41. The summed E-state index contributed by atoms with van der Waals surface area (Å²) in [5, 5.41) is 8.60. The molecule has 1 unspecified atom stereocenters. The molecular weight excluding hydrogens is 240 g/mol. The summed E-state index contributed by atoms with van der Waals surface area (Å²) >= 11 is 0. The third-order valence-electron chi connectivity index (χ3n) is 3.18. The smallest absolute Gasteiger partial charge is 0.211 e. The van der Waals surface area contributed by atoms with Crippen molar-refractivity contribution < 1.29 is 13.5 Å². The Morgan fingerprint density at radius 2 is 1.94 bits per heavy atom. The minimum atomic E-state index is -3.17. The predicted molar refractivity (Wildman–Crippen MR) is 68.4 cm³/mol. The van der Waals surface area contributed by atoms with E-state index in [0.29, 0.717) is 19.4 Å². The third kappa shape index (κ3) is 5.81. The molecule has 5 nitrogen and oxygen atoms in total. The standard InChI is InChI=1S/C11H24N2O3S/c1-11(13-6-2-3-7-13)10-12-17(15,16)9-5-4-8-14/h11-12,14H,2-10H2,1H3. The number of unbranched alkanes of at least 4 members (excludes halogenated alkanes) is 1. The fourth-order valence-electron chi connectivity index (χ4n) is 2.04. The molecule has 0 amide bonds. The zero-order chi connectivity index (χ0) is 12.7. The number of aliphatic hydroxyl groups is 1. The Bertz CT molecular complexity index is 300. The maximum absolute atomic E-state index is 11.6. The van der Waals surface area contributed by atoms with E-state index in [1.165, 1.54) is 12.8 Å². The number of nitrogens with one attached hydrogen (secondary N) is 1. The molecule has 6 heteroatoms. The molecule has 0 aromatic heterocycles. The van der Waals surface area contributed by atoms with Gasteiger partial charge >= 0.3 is 0 Å². The zero-order valence-electron chi connectivity index (χ0n) is 10.6. The molecule has 0 saturated carbocycles. The van der Waals surface area contributed by atoms with Gasteiger partial charge < -0.3 is 5.11 Å². The van der Waals surface area contributed by atoms with Crippen molar-refractivity contribution in [3.8, 4) is 0 Å². The van der Waals surface area contributed by atoms with Crippen LogP contribution in [0.1, 0.15) is 32.6 Å². The van der Waals surface area contributed by atoms with E-state index < -0.39 is 10.0 Å². The number of sulfonamides is 1. The fraction of sp³-hybridized carbons (Fsp3) is 1.00. The number of likely N-dealkylation sites (tertiary alicyclic amines) is 1. The Labute approximate surface area is 104 Å². The molecule has 0 radical (unpaired) electrons. The lowest BCUT2D eigenvalue weighted by Gasteiger charge is -2.23. The first-order chi connectivity index (χ1) is 8.05. The molecule has 1 aliphatic heterocycles. The Balaban J connectivity index is 2.23. The van der Waals surface area contributed by atoms with Crippen LogP contribution in [0.2, 0.25) is 0 Å². The van der Waals surface area contributed by atoms with Crippen LogP contribution < -0.4 is 4.72 Å². The first-order valence-electron chi connectivity index (χ1n) is 6.37. The number of aliphatic hydroxyl groups excluding tert-OH is 1. The lowest BCUT2D eigenvalue weighted by atomic mass is 10.3. The molecule has 1 aliphatic rings. The minimum absolute atomic E-state index is 0.0553. The van der Waals surface area contributed by atoms with Crippen molar-refractivity contribution in [2.45, 2.75) is 38.6 Å². The number of hydrogen-bond donors (Lipinski definition) is 2. The zero-order valence-corrected chi connectivity index (χ0v) is 11.4. The van der Waals surface area contributed by atoms with Crippen LogP contribution in [0.15, 0.2) is 0 Å². The molecule has 1 fully saturated rings. The molecule has 0 spiro atoms. The Morgan fingerprint density at radius 1 is 1.29 bits per heavy atom. The van der Waals surface area contributed by atoms with Gasteiger partial charge in [-0.15, -0.1) is 0 Å². The molecule has 1 saturated heterocycles. The minimum Gasteiger partial charge on any atom is -0.396 e. The van der Waals surface area contributed by atoms with Gasteiger partial charge in [0.2, 0.25) is 10.0 Å². The largest absolute Gasteiger partial charge is 0.396 e. The summed E-state index contributed by atoms with van der Waals surface area (Å²) < 4.78 is 25.9. The van der Waals surface area contributed by atoms with Crippen LogP contribution in [0.5, 0.6) is 0 Å².